The summed E-state index contributed by atoms with van der Waals surface area (Å²) in [4.78, 5) is 14.4. The van der Waals surface area contributed by atoms with Crippen LogP contribution in [0.15, 0.2) is 12.3 Å². The number of hydrogen-bond donors (Lipinski definition) is 1. The SMILES string of the molecule is COC1CN(C(=O)c2cc(N)cn2C(C)C)CC1OC. The van der Waals surface area contributed by atoms with E-state index in [9.17, 15) is 4.79 Å². The third-order valence-electron chi connectivity index (χ3n) is 3.75. The van der Waals surface area contributed by atoms with Crippen molar-refractivity contribution in [3.05, 3.63) is 18.0 Å². The van der Waals surface area contributed by atoms with Crippen molar-refractivity contribution in [2.75, 3.05) is 33.0 Å². The molecule has 2 rings (SSSR count). The number of carbonyl (C=O) groups is 1. The largest absolute Gasteiger partial charge is 0.397 e. The Balaban J connectivity index is 2.20. The number of anilines is 1. The molecule has 2 atom stereocenters. The molecular weight excluding hydrogens is 258 g/mol. The van der Waals surface area contributed by atoms with Gasteiger partial charge in [0.2, 0.25) is 0 Å². The van der Waals surface area contributed by atoms with E-state index in [0.717, 1.165) is 0 Å². The summed E-state index contributed by atoms with van der Waals surface area (Å²) >= 11 is 0. The van der Waals surface area contributed by atoms with E-state index in [1.807, 2.05) is 18.4 Å². The topological polar surface area (TPSA) is 69.7 Å². The van der Waals surface area contributed by atoms with Gasteiger partial charge in [0.1, 0.15) is 17.9 Å². The molecule has 6 nitrogen and oxygen atoms in total. The fourth-order valence-corrected chi connectivity index (χ4v) is 2.62. The van der Waals surface area contributed by atoms with Crippen molar-refractivity contribution in [3.8, 4) is 0 Å². The normalized spacial score (nSPS) is 22.8. The predicted molar refractivity (Wildman–Crippen MR) is 76.7 cm³/mol. The number of likely N-dealkylation sites (tertiary alicyclic amines) is 1. The van der Waals surface area contributed by atoms with Crippen molar-refractivity contribution in [1.29, 1.82) is 0 Å². The molecule has 20 heavy (non-hydrogen) atoms. The van der Waals surface area contributed by atoms with Crippen molar-refractivity contribution in [1.82, 2.24) is 9.47 Å². The first-order valence-electron chi connectivity index (χ1n) is 6.80. The van der Waals surface area contributed by atoms with Crippen LogP contribution in [0.25, 0.3) is 0 Å². The molecule has 0 saturated carbocycles. The first kappa shape index (κ1) is 14.9. The van der Waals surface area contributed by atoms with E-state index >= 15 is 0 Å². The molecule has 6 heteroatoms. The van der Waals surface area contributed by atoms with Crippen LogP contribution in [0.4, 0.5) is 5.69 Å². The lowest BCUT2D eigenvalue weighted by Crippen LogP contribution is -2.31. The standard InChI is InChI=1S/C14H23N3O3/c1-9(2)17-6-10(15)5-11(17)14(18)16-7-12(19-3)13(8-16)20-4/h5-6,9,12-13H,7-8,15H2,1-4H3. The van der Waals surface area contributed by atoms with Gasteiger partial charge in [-0.3, -0.25) is 4.79 Å². The molecule has 1 aromatic heterocycles. The number of ether oxygens (including phenoxy) is 2. The van der Waals surface area contributed by atoms with Crippen LogP contribution in [0, 0.1) is 0 Å². The minimum Gasteiger partial charge on any atom is -0.397 e. The maximum atomic E-state index is 12.6. The fraction of sp³-hybridized carbons (Fsp3) is 0.643. The lowest BCUT2D eigenvalue weighted by Gasteiger charge is -2.18. The van der Waals surface area contributed by atoms with Crippen LogP contribution >= 0.6 is 0 Å². The average molecular weight is 281 g/mol. The second-order valence-corrected chi connectivity index (χ2v) is 5.42. The van der Waals surface area contributed by atoms with Crippen molar-refractivity contribution >= 4 is 11.6 Å². The maximum absolute atomic E-state index is 12.6. The Hall–Kier alpha value is -1.53. The van der Waals surface area contributed by atoms with Crippen LogP contribution in [0.1, 0.15) is 30.4 Å². The number of methoxy groups -OCH3 is 2. The van der Waals surface area contributed by atoms with Gasteiger partial charge < -0.3 is 24.7 Å². The van der Waals surface area contributed by atoms with E-state index in [1.54, 1.807) is 31.4 Å². The molecule has 1 aromatic rings. The van der Waals surface area contributed by atoms with Gasteiger partial charge in [0, 0.05) is 39.5 Å². The zero-order valence-corrected chi connectivity index (χ0v) is 12.5. The molecule has 0 spiro atoms. The first-order valence-corrected chi connectivity index (χ1v) is 6.80. The molecule has 1 fully saturated rings. The quantitative estimate of drug-likeness (QED) is 0.898. The second kappa shape index (κ2) is 5.85. The maximum Gasteiger partial charge on any atom is 0.270 e. The zero-order valence-electron chi connectivity index (χ0n) is 12.5. The average Bonchev–Trinajstić information content (AvgIpc) is 3.00. The van der Waals surface area contributed by atoms with Gasteiger partial charge in [-0.1, -0.05) is 0 Å². The van der Waals surface area contributed by atoms with Crippen LogP contribution in [0.3, 0.4) is 0 Å². The summed E-state index contributed by atoms with van der Waals surface area (Å²) in [5, 5.41) is 0. The zero-order chi connectivity index (χ0) is 14.9. The Labute approximate surface area is 119 Å². The Morgan fingerprint density at radius 2 is 1.85 bits per heavy atom. The van der Waals surface area contributed by atoms with Crippen molar-refractivity contribution in [2.45, 2.75) is 32.1 Å². The summed E-state index contributed by atoms with van der Waals surface area (Å²) in [6.45, 7) is 5.13. The molecule has 0 bridgehead atoms. The van der Waals surface area contributed by atoms with Crippen LogP contribution in [0.2, 0.25) is 0 Å². The predicted octanol–water partition coefficient (Wildman–Crippen LogP) is 1.14. The van der Waals surface area contributed by atoms with E-state index in [0.29, 0.717) is 24.5 Å². The Bertz CT molecular complexity index is 472. The Morgan fingerprint density at radius 1 is 1.30 bits per heavy atom. The Kier molecular flexibility index (Phi) is 4.35. The molecular formula is C14H23N3O3. The summed E-state index contributed by atoms with van der Waals surface area (Å²) in [5.74, 6) is -0.0306. The Morgan fingerprint density at radius 3 is 2.30 bits per heavy atom. The number of nitrogens with zero attached hydrogens (tertiary/aromatic N) is 2. The van der Waals surface area contributed by atoms with Crippen LogP contribution in [-0.2, 0) is 9.47 Å². The van der Waals surface area contributed by atoms with Crippen LogP contribution < -0.4 is 5.73 Å². The third kappa shape index (κ3) is 2.66. The van der Waals surface area contributed by atoms with Gasteiger partial charge in [0.15, 0.2) is 0 Å². The second-order valence-electron chi connectivity index (χ2n) is 5.42. The molecule has 0 radical (unpaired) electrons. The lowest BCUT2D eigenvalue weighted by molar-refractivity contribution is -0.00461. The van der Waals surface area contributed by atoms with Crippen LogP contribution in [0.5, 0.6) is 0 Å². The molecule has 2 heterocycles. The highest BCUT2D eigenvalue weighted by molar-refractivity contribution is 5.94. The fourth-order valence-electron chi connectivity index (χ4n) is 2.62. The molecule has 1 amide bonds. The third-order valence-corrected chi connectivity index (χ3v) is 3.75. The van der Waals surface area contributed by atoms with E-state index in [2.05, 4.69) is 0 Å². The van der Waals surface area contributed by atoms with Gasteiger partial charge >= 0.3 is 0 Å². The highest BCUT2D eigenvalue weighted by atomic mass is 16.5. The number of nitrogen functional groups attached to an aromatic ring is 1. The number of amides is 1. The summed E-state index contributed by atoms with van der Waals surface area (Å²) in [6, 6.07) is 1.91. The monoisotopic (exact) mass is 281 g/mol. The summed E-state index contributed by atoms with van der Waals surface area (Å²) < 4.78 is 12.6. The highest BCUT2D eigenvalue weighted by Gasteiger charge is 2.36. The van der Waals surface area contributed by atoms with Gasteiger partial charge in [-0.05, 0) is 19.9 Å². The molecule has 1 aliphatic heterocycles. The van der Waals surface area contributed by atoms with Gasteiger partial charge in [-0.15, -0.1) is 0 Å². The summed E-state index contributed by atoms with van der Waals surface area (Å²) in [5.41, 5.74) is 7.04. The van der Waals surface area contributed by atoms with Gasteiger partial charge in [-0.2, -0.15) is 0 Å². The molecule has 0 aromatic carbocycles. The first-order chi connectivity index (χ1) is 9.47. The van der Waals surface area contributed by atoms with Gasteiger partial charge in [0.05, 0.1) is 5.69 Å². The van der Waals surface area contributed by atoms with Gasteiger partial charge in [0.25, 0.3) is 5.91 Å². The molecule has 0 aliphatic carbocycles. The highest BCUT2D eigenvalue weighted by Crippen LogP contribution is 2.22. The van der Waals surface area contributed by atoms with Gasteiger partial charge in [-0.25, -0.2) is 0 Å². The smallest absolute Gasteiger partial charge is 0.270 e. The van der Waals surface area contributed by atoms with E-state index in [-0.39, 0.29) is 24.2 Å². The number of hydrogen-bond acceptors (Lipinski definition) is 4. The van der Waals surface area contributed by atoms with E-state index in [1.165, 1.54) is 0 Å². The summed E-state index contributed by atoms with van der Waals surface area (Å²) in [7, 11) is 3.28. The minimum absolute atomic E-state index is 0.0306. The summed E-state index contributed by atoms with van der Waals surface area (Å²) in [6.07, 6.45) is 1.64. The van der Waals surface area contributed by atoms with E-state index < -0.39 is 0 Å². The number of carbonyl (C=O) groups excluding carboxylic acids is 1. The lowest BCUT2D eigenvalue weighted by atomic mass is 10.3. The molecule has 2 N–H and O–H groups in total. The van der Waals surface area contributed by atoms with Crippen molar-refractivity contribution < 1.29 is 14.3 Å². The number of nitrogens with two attached hydrogens (primary N) is 1. The number of aromatic nitrogens is 1. The molecule has 112 valence electrons. The number of rotatable bonds is 4. The molecule has 1 aliphatic rings. The molecule has 2 unspecified atom stereocenters. The van der Waals surface area contributed by atoms with Crippen molar-refractivity contribution in [3.63, 3.8) is 0 Å². The minimum atomic E-state index is -0.0799. The van der Waals surface area contributed by atoms with Crippen LogP contribution in [-0.4, -0.2) is 54.9 Å². The van der Waals surface area contributed by atoms with E-state index in [4.69, 9.17) is 15.2 Å². The van der Waals surface area contributed by atoms with Crippen molar-refractivity contribution in [2.24, 2.45) is 0 Å². The molecule has 1 saturated heterocycles.